The predicted molar refractivity (Wildman–Crippen MR) is 82.2 cm³/mol. The van der Waals surface area contributed by atoms with Gasteiger partial charge >= 0.3 is 0 Å². The van der Waals surface area contributed by atoms with E-state index in [2.05, 4.69) is 21.7 Å². The van der Waals surface area contributed by atoms with Crippen molar-refractivity contribution in [3.05, 3.63) is 11.4 Å². The van der Waals surface area contributed by atoms with Crippen LogP contribution in [0.4, 0.5) is 0 Å². The Bertz CT molecular complexity index is 552. The van der Waals surface area contributed by atoms with E-state index in [1.165, 1.54) is 17.8 Å². The maximum absolute atomic E-state index is 6.16. The van der Waals surface area contributed by atoms with Gasteiger partial charge in [0.2, 0.25) is 0 Å². The Morgan fingerprint density at radius 3 is 3.10 bits per heavy atom. The number of nitrogens with zero attached hydrogens (tertiary/aromatic N) is 4. The lowest BCUT2D eigenvalue weighted by Gasteiger charge is -2.43. The second-order valence-electron chi connectivity index (χ2n) is 6.28. The smallest absolute Gasteiger partial charge is 0.134 e. The molecule has 3 atom stereocenters. The fourth-order valence-corrected chi connectivity index (χ4v) is 4.04. The van der Waals surface area contributed by atoms with Crippen LogP contribution in [0, 0.1) is 5.92 Å². The van der Waals surface area contributed by atoms with Gasteiger partial charge in [0.05, 0.1) is 6.04 Å². The lowest BCUT2D eigenvalue weighted by atomic mass is 9.83. The number of hydrogen-bond donors (Lipinski definition) is 1. The first-order chi connectivity index (χ1) is 10.2. The molecule has 21 heavy (non-hydrogen) atoms. The summed E-state index contributed by atoms with van der Waals surface area (Å²) in [4.78, 5) is 14.3. The third kappa shape index (κ3) is 1.81. The first-order valence-corrected chi connectivity index (χ1v) is 7.93. The summed E-state index contributed by atoms with van der Waals surface area (Å²) in [7, 11) is 0. The van der Waals surface area contributed by atoms with Crippen molar-refractivity contribution in [1.29, 1.82) is 0 Å². The van der Waals surface area contributed by atoms with Crippen LogP contribution in [0.25, 0.3) is 0 Å². The molecule has 0 saturated carbocycles. The van der Waals surface area contributed by atoms with E-state index in [0.29, 0.717) is 31.0 Å². The molecule has 0 radical (unpaired) electrons. The standard InChI is InChI=1S/C15H23N5O/c1-3-21-8-11-18-13-12-10(6-17-14(13)16)4-5-19-7-9(2)20(11)15(12)19/h9-10,13H,3-8H2,1-2H3,(H2,16,17)/t9-,10?,13?/m1/s1. The summed E-state index contributed by atoms with van der Waals surface area (Å²) >= 11 is 0. The van der Waals surface area contributed by atoms with Gasteiger partial charge in [-0.2, -0.15) is 0 Å². The van der Waals surface area contributed by atoms with Crippen LogP contribution in [0.2, 0.25) is 0 Å². The third-order valence-corrected chi connectivity index (χ3v) is 4.96. The number of aliphatic imine (C=N–C) groups is 2. The van der Waals surface area contributed by atoms with E-state index in [4.69, 9.17) is 15.5 Å². The highest BCUT2D eigenvalue weighted by molar-refractivity contribution is 5.97. The van der Waals surface area contributed by atoms with Crippen molar-refractivity contribution in [2.45, 2.75) is 32.4 Å². The van der Waals surface area contributed by atoms with Crippen LogP contribution >= 0.6 is 0 Å². The molecule has 4 rings (SSSR count). The first-order valence-electron chi connectivity index (χ1n) is 7.93. The first kappa shape index (κ1) is 13.1. The monoisotopic (exact) mass is 289 g/mol. The lowest BCUT2D eigenvalue weighted by Crippen LogP contribution is -2.50. The molecule has 1 saturated heterocycles. The van der Waals surface area contributed by atoms with Gasteiger partial charge in [0.1, 0.15) is 30.1 Å². The summed E-state index contributed by atoms with van der Waals surface area (Å²) in [6.45, 7) is 8.56. The van der Waals surface area contributed by atoms with Crippen LogP contribution in [-0.2, 0) is 4.74 Å². The van der Waals surface area contributed by atoms with E-state index in [1.54, 1.807) is 0 Å². The van der Waals surface area contributed by atoms with Crippen molar-refractivity contribution in [1.82, 2.24) is 9.80 Å². The number of ether oxygens (including phenoxy) is 1. The van der Waals surface area contributed by atoms with E-state index >= 15 is 0 Å². The van der Waals surface area contributed by atoms with Gasteiger partial charge in [0, 0.05) is 37.7 Å². The molecule has 114 valence electrons. The van der Waals surface area contributed by atoms with Crippen molar-refractivity contribution < 1.29 is 4.74 Å². The molecular formula is C15H23N5O. The Morgan fingerprint density at radius 2 is 2.29 bits per heavy atom. The molecule has 0 aromatic rings. The SMILES string of the molecule is CCOCC1=NC2C(N)=NCC3CCN4C[C@@H](C)N1C4=C32. The summed E-state index contributed by atoms with van der Waals surface area (Å²) in [5, 5.41) is 0. The zero-order valence-electron chi connectivity index (χ0n) is 12.7. The molecule has 4 heterocycles. The van der Waals surface area contributed by atoms with Gasteiger partial charge in [-0.25, -0.2) is 0 Å². The number of nitrogens with two attached hydrogens (primary N) is 1. The highest BCUT2D eigenvalue weighted by atomic mass is 16.5. The third-order valence-electron chi connectivity index (χ3n) is 4.96. The van der Waals surface area contributed by atoms with Gasteiger partial charge in [0.25, 0.3) is 0 Å². The average Bonchev–Trinajstić information content (AvgIpc) is 2.83. The molecule has 0 aromatic heterocycles. The van der Waals surface area contributed by atoms with E-state index in [0.717, 1.165) is 25.5 Å². The molecule has 4 aliphatic heterocycles. The Kier molecular flexibility index (Phi) is 2.96. The van der Waals surface area contributed by atoms with E-state index in [9.17, 15) is 0 Å². The minimum atomic E-state index is -0.0569. The van der Waals surface area contributed by atoms with Crippen LogP contribution in [0.3, 0.4) is 0 Å². The molecule has 6 heteroatoms. The van der Waals surface area contributed by atoms with Crippen molar-refractivity contribution in [2.75, 3.05) is 32.8 Å². The summed E-state index contributed by atoms with van der Waals surface area (Å²) in [5.74, 6) is 3.55. The van der Waals surface area contributed by atoms with Crippen molar-refractivity contribution >= 4 is 11.7 Å². The average molecular weight is 289 g/mol. The largest absolute Gasteiger partial charge is 0.385 e. The maximum Gasteiger partial charge on any atom is 0.134 e. The summed E-state index contributed by atoms with van der Waals surface area (Å²) in [5.41, 5.74) is 7.56. The zero-order chi connectivity index (χ0) is 14.6. The second kappa shape index (κ2) is 4.73. The van der Waals surface area contributed by atoms with Gasteiger partial charge < -0.3 is 20.3 Å². The van der Waals surface area contributed by atoms with Gasteiger partial charge in [-0.1, -0.05) is 0 Å². The Hall–Kier alpha value is -1.56. The quantitative estimate of drug-likeness (QED) is 0.817. The molecule has 0 bridgehead atoms. The molecular weight excluding hydrogens is 266 g/mol. The topological polar surface area (TPSA) is 66.5 Å². The van der Waals surface area contributed by atoms with E-state index < -0.39 is 0 Å². The molecule has 0 aliphatic carbocycles. The zero-order valence-corrected chi connectivity index (χ0v) is 12.7. The van der Waals surface area contributed by atoms with E-state index in [1.807, 2.05) is 6.92 Å². The van der Waals surface area contributed by atoms with Gasteiger partial charge in [-0.05, 0) is 20.3 Å². The Balaban J connectivity index is 1.80. The van der Waals surface area contributed by atoms with Crippen LogP contribution in [0.15, 0.2) is 21.4 Å². The summed E-state index contributed by atoms with van der Waals surface area (Å²) in [6.07, 6.45) is 1.17. The second-order valence-corrected chi connectivity index (χ2v) is 6.28. The van der Waals surface area contributed by atoms with Crippen LogP contribution in [0.5, 0.6) is 0 Å². The molecule has 2 N–H and O–H groups in total. The molecule has 1 fully saturated rings. The highest BCUT2D eigenvalue weighted by Crippen LogP contribution is 2.42. The normalized spacial score (nSPS) is 33.9. The summed E-state index contributed by atoms with van der Waals surface area (Å²) < 4.78 is 5.63. The number of rotatable bonds is 3. The highest BCUT2D eigenvalue weighted by Gasteiger charge is 2.47. The molecule has 0 aromatic carbocycles. The fraction of sp³-hybridized carbons (Fsp3) is 0.733. The fourth-order valence-electron chi connectivity index (χ4n) is 4.04. The van der Waals surface area contributed by atoms with Crippen molar-refractivity contribution in [2.24, 2.45) is 21.6 Å². The van der Waals surface area contributed by atoms with Crippen LogP contribution in [-0.4, -0.2) is 66.4 Å². The number of amidine groups is 2. The van der Waals surface area contributed by atoms with Gasteiger partial charge in [-0.3, -0.25) is 9.98 Å². The van der Waals surface area contributed by atoms with Gasteiger partial charge in [0.15, 0.2) is 0 Å². The molecule has 0 amide bonds. The van der Waals surface area contributed by atoms with Crippen molar-refractivity contribution in [3.63, 3.8) is 0 Å². The molecule has 4 aliphatic rings. The Labute approximate surface area is 125 Å². The summed E-state index contributed by atoms with van der Waals surface area (Å²) in [6, 6.07) is 0.394. The molecule has 2 unspecified atom stereocenters. The number of hydrogen-bond acceptors (Lipinski definition) is 6. The molecule has 0 spiro atoms. The van der Waals surface area contributed by atoms with Crippen LogP contribution in [0.1, 0.15) is 20.3 Å². The molecule has 6 nitrogen and oxygen atoms in total. The predicted octanol–water partition coefficient (Wildman–Crippen LogP) is 0.412. The lowest BCUT2D eigenvalue weighted by molar-refractivity contribution is 0.176. The van der Waals surface area contributed by atoms with E-state index in [-0.39, 0.29) is 6.04 Å². The van der Waals surface area contributed by atoms with Gasteiger partial charge in [-0.15, -0.1) is 0 Å². The minimum absolute atomic E-state index is 0.0569. The minimum Gasteiger partial charge on any atom is -0.385 e. The maximum atomic E-state index is 6.16. The Morgan fingerprint density at radius 1 is 1.43 bits per heavy atom. The van der Waals surface area contributed by atoms with Crippen molar-refractivity contribution in [3.8, 4) is 0 Å². The van der Waals surface area contributed by atoms with Crippen LogP contribution < -0.4 is 5.73 Å².